The number of carbonyl (C=O) groups is 3. The number of hydrogen-bond acceptors (Lipinski definition) is 4. The van der Waals surface area contributed by atoms with Crippen molar-refractivity contribution >= 4 is 28.7 Å². The molecule has 24 heavy (non-hydrogen) atoms. The fourth-order valence-corrected chi connectivity index (χ4v) is 2.51. The number of carboxylic acids is 1. The van der Waals surface area contributed by atoms with Crippen LogP contribution in [-0.2, 0) is 9.59 Å². The molecular formula is C16H14FN3O4. The molecule has 0 unspecified atom stereocenters. The maximum absolute atomic E-state index is 13.1. The summed E-state index contributed by atoms with van der Waals surface area (Å²) in [6, 6.07) is 6.20. The van der Waals surface area contributed by atoms with Gasteiger partial charge in [0, 0.05) is 11.9 Å². The van der Waals surface area contributed by atoms with E-state index in [0.29, 0.717) is 23.9 Å². The van der Waals surface area contributed by atoms with Crippen LogP contribution in [0, 0.1) is 5.82 Å². The molecule has 1 aliphatic rings. The number of nitrogens with one attached hydrogen (secondary N) is 1. The monoisotopic (exact) mass is 331 g/mol. The average Bonchev–Trinajstić information content (AvgIpc) is 2.50. The van der Waals surface area contributed by atoms with Gasteiger partial charge < -0.3 is 15.3 Å². The Morgan fingerprint density at radius 2 is 2.08 bits per heavy atom. The van der Waals surface area contributed by atoms with E-state index in [9.17, 15) is 18.8 Å². The van der Waals surface area contributed by atoms with Gasteiger partial charge in [-0.2, -0.15) is 0 Å². The third-order valence-electron chi connectivity index (χ3n) is 3.91. The first-order valence-electron chi connectivity index (χ1n) is 7.32. The van der Waals surface area contributed by atoms with E-state index >= 15 is 0 Å². The number of amides is 2. The Bertz CT molecular complexity index is 839. The molecule has 8 heteroatoms. The number of rotatable bonds is 4. The number of benzene rings is 1. The molecule has 0 bridgehead atoms. The number of halogens is 1. The fraction of sp³-hybridized carbons (Fsp3) is 0.250. The molecule has 0 spiro atoms. The van der Waals surface area contributed by atoms with Gasteiger partial charge in [0.2, 0.25) is 5.91 Å². The van der Waals surface area contributed by atoms with Crippen LogP contribution in [0.3, 0.4) is 0 Å². The number of carboxylic acid groups (broad SMARTS) is 1. The maximum Gasteiger partial charge on any atom is 0.326 e. The molecule has 124 valence electrons. The summed E-state index contributed by atoms with van der Waals surface area (Å²) >= 11 is 0. The highest BCUT2D eigenvalue weighted by atomic mass is 19.1. The van der Waals surface area contributed by atoms with Crippen LogP contribution in [0.15, 0.2) is 30.3 Å². The lowest BCUT2D eigenvalue weighted by atomic mass is 10.0. The molecule has 2 aromatic rings. The van der Waals surface area contributed by atoms with Crippen molar-refractivity contribution in [2.75, 3.05) is 13.1 Å². The summed E-state index contributed by atoms with van der Waals surface area (Å²) in [5.74, 6) is -2.45. The SMILES string of the molecule is O=C(NCC(=O)N1CC[C@H]1C(=O)O)c1ccc2cc(F)ccc2n1. The third-order valence-corrected chi connectivity index (χ3v) is 3.91. The molecule has 1 fully saturated rings. The second-order valence-electron chi connectivity index (χ2n) is 5.45. The average molecular weight is 331 g/mol. The molecule has 0 saturated carbocycles. The molecule has 3 rings (SSSR count). The zero-order valence-corrected chi connectivity index (χ0v) is 12.5. The molecule has 0 aliphatic carbocycles. The smallest absolute Gasteiger partial charge is 0.326 e. The number of fused-ring (bicyclic) bond motifs is 1. The van der Waals surface area contributed by atoms with Crippen molar-refractivity contribution < 1.29 is 23.9 Å². The molecule has 1 atom stereocenters. The molecule has 0 radical (unpaired) electrons. The van der Waals surface area contributed by atoms with Crippen molar-refractivity contribution in [3.63, 3.8) is 0 Å². The predicted molar refractivity (Wildman–Crippen MR) is 81.8 cm³/mol. The lowest BCUT2D eigenvalue weighted by Gasteiger charge is -2.37. The summed E-state index contributed by atoms with van der Waals surface area (Å²) in [7, 11) is 0. The minimum Gasteiger partial charge on any atom is -0.480 e. The Balaban J connectivity index is 1.64. The van der Waals surface area contributed by atoms with Gasteiger partial charge in [-0.15, -0.1) is 0 Å². The van der Waals surface area contributed by atoms with E-state index in [1.807, 2.05) is 0 Å². The lowest BCUT2D eigenvalue weighted by molar-refractivity contribution is -0.156. The van der Waals surface area contributed by atoms with Gasteiger partial charge in [0.15, 0.2) is 0 Å². The molecule has 1 aliphatic heterocycles. The van der Waals surface area contributed by atoms with Gasteiger partial charge in [-0.3, -0.25) is 9.59 Å². The summed E-state index contributed by atoms with van der Waals surface area (Å²) < 4.78 is 13.1. The standard InChI is InChI=1S/C16H14FN3O4/c17-10-2-4-11-9(7-10)1-3-12(19-11)15(22)18-8-14(21)20-6-5-13(20)16(23)24/h1-4,7,13H,5-6,8H2,(H,18,22)(H,23,24)/t13-/m0/s1. The van der Waals surface area contributed by atoms with Crippen LogP contribution in [0.5, 0.6) is 0 Å². The number of aliphatic carboxylic acids is 1. The van der Waals surface area contributed by atoms with Crippen molar-refractivity contribution in [2.24, 2.45) is 0 Å². The van der Waals surface area contributed by atoms with E-state index in [1.165, 1.54) is 29.2 Å². The van der Waals surface area contributed by atoms with Gasteiger partial charge in [0.1, 0.15) is 17.6 Å². The van der Waals surface area contributed by atoms with E-state index in [0.717, 1.165) is 0 Å². The molecule has 1 aromatic heterocycles. The molecular weight excluding hydrogens is 317 g/mol. The minimum absolute atomic E-state index is 0.0975. The molecule has 1 saturated heterocycles. The van der Waals surface area contributed by atoms with Crippen molar-refractivity contribution in [1.82, 2.24) is 15.2 Å². The fourth-order valence-electron chi connectivity index (χ4n) is 2.51. The third kappa shape index (κ3) is 3.03. The molecule has 7 nitrogen and oxygen atoms in total. The van der Waals surface area contributed by atoms with E-state index in [1.54, 1.807) is 6.07 Å². The number of pyridine rings is 1. The quantitative estimate of drug-likeness (QED) is 0.863. The topological polar surface area (TPSA) is 99.6 Å². The Hall–Kier alpha value is -3.03. The molecule has 1 aromatic carbocycles. The minimum atomic E-state index is -1.05. The zero-order chi connectivity index (χ0) is 17.3. The highest BCUT2D eigenvalue weighted by Gasteiger charge is 2.37. The summed E-state index contributed by atoms with van der Waals surface area (Å²) in [4.78, 5) is 40.2. The van der Waals surface area contributed by atoms with Crippen LogP contribution in [-0.4, -0.2) is 51.9 Å². The first kappa shape index (κ1) is 15.9. The number of aromatic nitrogens is 1. The van der Waals surface area contributed by atoms with E-state index < -0.39 is 29.6 Å². The summed E-state index contributed by atoms with van der Waals surface area (Å²) in [6.07, 6.45) is 0.414. The van der Waals surface area contributed by atoms with Crippen LogP contribution in [0.1, 0.15) is 16.9 Å². The molecule has 2 N–H and O–H groups in total. The number of likely N-dealkylation sites (tertiary alicyclic amines) is 1. The second-order valence-corrected chi connectivity index (χ2v) is 5.45. The Labute approximate surface area is 136 Å². The Morgan fingerprint density at radius 1 is 1.29 bits per heavy atom. The van der Waals surface area contributed by atoms with Crippen LogP contribution in [0.4, 0.5) is 4.39 Å². The summed E-state index contributed by atoms with van der Waals surface area (Å²) in [6.45, 7) is 0.0667. The number of carbonyl (C=O) groups excluding carboxylic acids is 2. The normalized spacial score (nSPS) is 16.5. The van der Waals surface area contributed by atoms with E-state index in [-0.39, 0.29) is 12.2 Å². The highest BCUT2D eigenvalue weighted by molar-refractivity contribution is 5.97. The largest absolute Gasteiger partial charge is 0.480 e. The van der Waals surface area contributed by atoms with E-state index in [4.69, 9.17) is 5.11 Å². The highest BCUT2D eigenvalue weighted by Crippen LogP contribution is 2.17. The predicted octanol–water partition coefficient (Wildman–Crippen LogP) is 0.789. The van der Waals surface area contributed by atoms with Gasteiger partial charge in [-0.25, -0.2) is 14.2 Å². The van der Waals surface area contributed by atoms with Crippen LogP contribution >= 0.6 is 0 Å². The Kier molecular flexibility index (Phi) is 4.11. The molecule has 2 amide bonds. The van der Waals surface area contributed by atoms with Gasteiger partial charge in [-0.1, -0.05) is 6.07 Å². The van der Waals surface area contributed by atoms with Gasteiger partial charge in [0.25, 0.3) is 5.91 Å². The zero-order valence-electron chi connectivity index (χ0n) is 12.5. The first-order valence-corrected chi connectivity index (χ1v) is 7.32. The molecule has 2 heterocycles. The van der Waals surface area contributed by atoms with Crippen molar-refractivity contribution in [3.05, 3.63) is 41.8 Å². The van der Waals surface area contributed by atoms with Crippen molar-refractivity contribution in [3.8, 4) is 0 Å². The van der Waals surface area contributed by atoms with Gasteiger partial charge in [0.05, 0.1) is 12.1 Å². The van der Waals surface area contributed by atoms with E-state index in [2.05, 4.69) is 10.3 Å². The van der Waals surface area contributed by atoms with Gasteiger partial charge in [-0.05, 0) is 30.7 Å². The lowest BCUT2D eigenvalue weighted by Crippen LogP contribution is -2.57. The maximum atomic E-state index is 13.1. The Morgan fingerprint density at radius 3 is 2.75 bits per heavy atom. The van der Waals surface area contributed by atoms with Crippen LogP contribution in [0.25, 0.3) is 10.9 Å². The van der Waals surface area contributed by atoms with Crippen LogP contribution < -0.4 is 5.32 Å². The van der Waals surface area contributed by atoms with Gasteiger partial charge >= 0.3 is 5.97 Å². The number of nitrogens with zero attached hydrogens (tertiary/aromatic N) is 2. The summed E-state index contributed by atoms with van der Waals surface area (Å²) in [5.41, 5.74) is 0.560. The summed E-state index contributed by atoms with van der Waals surface area (Å²) in [5, 5.41) is 11.9. The van der Waals surface area contributed by atoms with Crippen molar-refractivity contribution in [1.29, 1.82) is 0 Å². The first-order chi connectivity index (χ1) is 11.5. The second kappa shape index (κ2) is 6.23. The van der Waals surface area contributed by atoms with Crippen molar-refractivity contribution in [2.45, 2.75) is 12.5 Å². The number of hydrogen-bond donors (Lipinski definition) is 2. The van der Waals surface area contributed by atoms with Crippen LogP contribution in [0.2, 0.25) is 0 Å².